The number of furan rings is 1. The molecule has 1 amide bonds. The van der Waals surface area contributed by atoms with Crippen LogP contribution in [0.3, 0.4) is 0 Å². The Morgan fingerprint density at radius 2 is 2.16 bits per heavy atom. The van der Waals surface area contributed by atoms with Gasteiger partial charge in [-0.3, -0.25) is 4.79 Å². The van der Waals surface area contributed by atoms with E-state index >= 15 is 0 Å². The van der Waals surface area contributed by atoms with Gasteiger partial charge in [-0.05, 0) is 36.4 Å². The number of nitrogens with one attached hydrogen (secondary N) is 3. The van der Waals surface area contributed by atoms with Crippen molar-refractivity contribution in [2.75, 3.05) is 5.32 Å². The van der Waals surface area contributed by atoms with E-state index in [1.807, 2.05) is 12.1 Å². The number of alkyl halides is 3. The van der Waals surface area contributed by atoms with Crippen LogP contribution in [0.2, 0.25) is 5.02 Å². The zero-order valence-electron chi connectivity index (χ0n) is 16.4. The van der Waals surface area contributed by atoms with Crippen molar-refractivity contribution in [2.24, 2.45) is 0 Å². The van der Waals surface area contributed by atoms with Crippen LogP contribution in [0.5, 0.6) is 0 Å². The summed E-state index contributed by atoms with van der Waals surface area (Å²) in [4.78, 5) is 16.0. The van der Waals surface area contributed by atoms with Crippen LogP contribution in [0, 0.1) is 0 Å². The highest BCUT2D eigenvalue weighted by Gasteiger charge is 2.47. The minimum absolute atomic E-state index is 0.000837. The van der Waals surface area contributed by atoms with Gasteiger partial charge in [0.05, 0.1) is 25.0 Å². The van der Waals surface area contributed by atoms with Crippen molar-refractivity contribution in [3.05, 3.63) is 70.9 Å². The summed E-state index contributed by atoms with van der Waals surface area (Å²) in [5.41, 5.74) is 1.61. The van der Waals surface area contributed by atoms with Crippen molar-refractivity contribution in [3.8, 4) is 0 Å². The molecule has 0 spiro atoms. The van der Waals surface area contributed by atoms with Crippen LogP contribution >= 0.6 is 11.6 Å². The van der Waals surface area contributed by atoms with Crippen molar-refractivity contribution in [2.45, 2.75) is 31.2 Å². The monoisotopic (exact) mass is 463 g/mol. The standard InChI is InChI=1S/C21H17ClF3N5O2/c22-12-3-4-15-11(6-12)7-13(28-15)9-26-20(31)14-10-27-30-18(21(23,24)25)8-16(29-19(14)30)17-2-1-5-32-17/h1-7,10,16,18,28-29H,8-9H2,(H,26,31)/t16-,18-/m1/s1. The number of aromatic amines is 1. The molecule has 0 fully saturated rings. The Labute approximate surface area is 184 Å². The van der Waals surface area contributed by atoms with Crippen molar-refractivity contribution in [1.29, 1.82) is 0 Å². The largest absolute Gasteiger partial charge is 0.467 e. The number of rotatable bonds is 4. The van der Waals surface area contributed by atoms with Gasteiger partial charge in [-0.2, -0.15) is 18.3 Å². The van der Waals surface area contributed by atoms with Crippen LogP contribution < -0.4 is 10.6 Å². The first-order chi connectivity index (χ1) is 15.3. The van der Waals surface area contributed by atoms with Gasteiger partial charge in [-0.15, -0.1) is 0 Å². The molecule has 0 aliphatic carbocycles. The topological polar surface area (TPSA) is 87.9 Å². The van der Waals surface area contributed by atoms with Crippen molar-refractivity contribution < 1.29 is 22.4 Å². The number of hydrogen-bond donors (Lipinski definition) is 3. The zero-order chi connectivity index (χ0) is 22.5. The Kier molecular flexibility index (Phi) is 4.89. The molecule has 0 saturated carbocycles. The highest BCUT2D eigenvalue weighted by Crippen LogP contribution is 2.44. The summed E-state index contributed by atoms with van der Waals surface area (Å²) in [7, 11) is 0. The number of amides is 1. The minimum atomic E-state index is -4.53. The molecule has 32 heavy (non-hydrogen) atoms. The van der Waals surface area contributed by atoms with Gasteiger partial charge in [0.25, 0.3) is 5.91 Å². The lowest BCUT2D eigenvalue weighted by Crippen LogP contribution is -2.36. The van der Waals surface area contributed by atoms with Gasteiger partial charge in [0.15, 0.2) is 6.04 Å². The van der Waals surface area contributed by atoms with E-state index in [2.05, 4.69) is 20.7 Å². The number of nitrogens with zero attached hydrogens (tertiary/aromatic N) is 2. The smallest absolute Gasteiger partial charge is 0.410 e. The fourth-order valence-corrected chi connectivity index (χ4v) is 4.11. The van der Waals surface area contributed by atoms with Gasteiger partial charge in [0.2, 0.25) is 0 Å². The van der Waals surface area contributed by atoms with Crippen LogP contribution in [0.4, 0.5) is 19.0 Å². The first-order valence-electron chi connectivity index (χ1n) is 9.79. The summed E-state index contributed by atoms with van der Waals surface area (Å²) in [5, 5.41) is 11.1. The number of hydrogen-bond acceptors (Lipinski definition) is 4. The third-order valence-electron chi connectivity index (χ3n) is 5.45. The molecular formula is C21H17ClF3N5O2. The molecule has 166 valence electrons. The van der Waals surface area contributed by atoms with E-state index in [9.17, 15) is 18.0 Å². The van der Waals surface area contributed by atoms with Crippen LogP contribution in [0.1, 0.15) is 40.3 Å². The molecule has 5 rings (SSSR count). The number of carbonyl (C=O) groups excluding carboxylic acids is 1. The third-order valence-corrected chi connectivity index (χ3v) is 5.68. The van der Waals surface area contributed by atoms with Crippen molar-refractivity contribution >= 4 is 34.2 Å². The molecule has 4 heterocycles. The minimum Gasteiger partial charge on any atom is -0.467 e. The molecule has 3 aromatic heterocycles. The predicted molar refractivity (Wildman–Crippen MR) is 111 cm³/mol. The van der Waals surface area contributed by atoms with E-state index in [0.717, 1.165) is 27.5 Å². The molecule has 3 N–H and O–H groups in total. The highest BCUT2D eigenvalue weighted by molar-refractivity contribution is 6.31. The highest BCUT2D eigenvalue weighted by atomic mass is 35.5. The Bertz CT molecular complexity index is 1280. The van der Waals surface area contributed by atoms with E-state index in [4.69, 9.17) is 16.0 Å². The van der Waals surface area contributed by atoms with Gasteiger partial charge in [0.1, 0.15) is 17.1 Å². The Hall–Kier alpha value is -3.40. The molecule has 1 aromatic carbocycles. The van der Waals surface area contributed by atoms with E-state index in [0.29, 0.717) is 10.8 Å². The molecule has 0 radical (unpaired) electrons. The third kappa shape index (κ3) is 3.70. The maximum atomic E-state index is 13.7. The number of halogens is 4. The van der Waals surface area contributed by atoms with Gasteiger partial charge in [0, 0.05) is 28.0 Å². The van der Waals surface area contributed by atoms with E-state index in [-0.39, 0.29) is 24.3 Å². The van der Waals surface area contributed by atoms with Gasteiger partial charge in [-0.1, -0.05) is 11.6 Å². The number of aromatic nitrogens is 3. The Morgan fingerprint density at radius 1 is 1.31 bits per heavy atom. The second-order valence-corrected chi connectivity index (χ2v) is 8.00. The molecule has 2 atom stereocenters. The average Bonchev–Trinajstić information content (AvgIpc) is 3.48. The average molecular weight is 464 g/mol. The molecule has 0 bridgehead atoms. The predicted octanol–water partition coefficient (Wildman–Crippen LogP) is 5.20. The molecule has 11 heteroatoms. The Balaban J connectivity index is 1.39. The summed E-state index contributed by atoms with van der Waals surface area (Å²) >= 11 is 6.00. The summed E-state index contributed by atoms with van der Waals surface area (Å²) < 4.78 is 47.2. The fourth-order valence-electron chi connectivity index (χ4n) is 3.93. The van der Waals surface area contributed by atoms with Crippen LogP contribution in [0.25, 0.3) is 10.9 Å². The summed E-state index contributed by atoms with van der Waals surface area (Å²) in [6.07, 6.45) is -2.30. The fraction of sp³-hybridized carbons (Fsp3) is 0.238. The summed E-state index contributed by atoms with van der Waals surface area (Å²) in [6.45, 7) is 0.153. The molecule has 0 saturated heterocycles. The first kappa shape index (κ1) is 20.5. The zero-order valence-corrected chi connectivity index (χ0v) is 17.2. The van der Waals surface area contributed by atoms with Crippen molar-refractivity contribution in [3.63, 3.8) is 0 Å². The van der Waals surface area contributed by atoms with E-state index in [1.165, 1.54) is 6.26 Å². The van der Waals surface area contributed by atoms with E-state index in [1.54, 1.807) is 24.3 Å². The molecular weight excluding hydrogens is 447 g/mol. The van der Waals surface area contributed by atoms with Crippen LogP contribution in [-0.4, -0.2) is 26.8 Å². The van der Waals surface area contributed by atoms with Crippen LogP contribution in [-0.2, 0) is 6.54 Å². The summed E-state index contributed by atoms with van der Waals surface area (Å²) in [5.74, 6) is -0.188. The number of fused-ring (bicyclic) bond motifs is 2. The summed E-state index contributed by atoms with van der Waals surface area (Å²) in [6, 6.07) is 7.79. The first-order valence-corrected chi connectivity index (χ1v) is 10.2. The van der Waals surface area contributed by atoms with Crippen LogP contribution in [0.15, 0.2) is 53.3 Å². The number of H-pyrrole nitrogens is 1. The maximum Gasteiger partial charge on any atom is 0.410 e. The number of carbonyl (C=O) groups is 1. The lowest BCUT2D eigenvalue weighted by molar-refractivity contribution is -0.174. The normalized spacial score (nSPS) is 18.4. The van der Waals surface area contributed by atoms with Crippen molar-refractivity contribution in [1.82, 2.24) is 20.1 Å². The lowest BCUT2D eigenvalue weighted by Gasteiger charge is -2.32. The maximum absolute atomic E-state index is 13.7. The number of anilines is 1. The van der Waals surface area contributed by atoms with E-state index < -0.39 is 24.2 Å². The Morgan fingerprint density at radius 3 is 2.91 bits per heavy atom. The molecule has 7 nitrogen and oxygen atoms in total. The van der Waals surface area contributed by atoms with Gasteiger partial charge >= 0.3 is 6.18 Å². The SMILES string of the molecule is O=C(NCc1cc2cc(Cl)ccc2[nH]1)c1cnn2c1N[C@@H](c1ccco1)C[C@@H]2C(F)(F)F. The second-order valence-electron chi connectivity index (χ2n) is 7.57. The molecule has 4 aromatic rings. The quantitative estimate of drug-likeness (QED) is 0.388. The molecule has 1 aliphatic heterocycles. The van der Waals surface area contributed by atoms with Gasteiger partial charge in [-0.25, -0.2) is 4.68 Å². The molecule has 1 aliphatic rings. The second kappa shape index (κ2) is 7.63. The van der Waals surface area contributed by atoms with Gasteiger partial charge < -0.3 is 20.0 Å². The number of benzene rings is 1. The molecule has 0 unspecified atom stereocenters. The lowest BCUT2D eigenvalue weighted by atomic mass is 10.0.